The third-order valence-corrected chi connectivity index (χ3v) is 4.83. The Labute approximate surface area is 184 Å². The van der Waals surface area contributed by atoms with Gasteiger partial charge in [-0.1, -0.05) is 42.5 Å². The molecule has 3 rings (SSSR count). The molecule has 0 fully saturated rings. The maximum atomic E-state index is 13.1. The molecule has 0 radical (unpaired) electrons. The highest BCUT2D eigenvalue weighted by atomic mass is 16.6. The Morgan fingerprint density at radius 3 is 2.38 bits per heavy atom. The number of benzene rings is 3. The van der Waals surface area contributed by atoms with Gasteiger partial charge in [-0.15, -0.1) is 0 Å². The zero-order valence-corrected chi connectivity index (χ0v) is 17.8. The number of nitro benzene ring substituents is 1. The topological polar surface area (TPSA) is 108 Å². The Bertz CT molecular complexity index is 1160. The molecule has 0 saturated heterocycles. The summed E-state index contributed by atoms with van der Waals surface area (Å²) < 4.78 is 10.7. The summed E-state index contributed by atoms with van der Waals surface area (Å²) in [4.78, 5) is 36.6. The number of methoxy groups -OCH3 is 1. The van der Waals surface area contributed by atoms with E-state index in [1.807, 2.05) is 32.0 Å². The number of carbonyl (C=O) groups excluding carboxylic acids is 2. The van der Waals surface area contributed by atoms with Crippen LogP contribution in [0.1, 0.15) is 33.2 Å². The van der Waals surface area contributed by atoms with E-state index in [0.29, 0.717) is 11.3 Å². The lowest BCUT2D eigenvalue weighted by Gasteiger charge is -2.19. The first-order valence-corrected chi connectivity index (χ1v) is 9.76. The predicted molar refractivity (Wildman–Crippen MR) is 119 cm³/mol. The van der Waals surface area contributed by atoms with E-state index in [9.17, 15) is 19.7 Å². The van der Waals surface area contributed by atoms with Crippen LogP contribution in [0.2, 0.25) is 0 Å². The molecule has 0 spiro atoms. The van der Waals surface area contributed by atoms with Gasteiger partial charge in [0.1, 0.15) is 11.3 Å². The van der Waals surface area contributed by atoms with Gasteiger partial charge in [-0.25, -0.2) is 4.79 Å². The van der Waals surface area contributed by atoms with Crippen molar-refractivity contribution in [2.45, 2.75) is 20.0 Å². The Morgan fingerprint density at radius 2 is 1.72 bits per heavy atom. The Kier molecular flexibility index (Phi) is 6.84. The van der Waals surface area contributed by atoms with Crippen LogP contribution in [0.15, 0.2) is 66.7 Å². The van der Waals surface area contributed by atoms with Crippen LogP contribution in [-0.4, -0.2) is 23.9 Å². The number of amides is 1. The molecule has 0 aliphatic rings. The van der Waals surface area contributed by atoms with Crippen molar-refractivity contribution in [1.29, 1.82) is 0 Å². The molecule has 1 amide bonds. The van der Waals surface area contributed by atoms with Crippen LogP contribution in [0.4, 0.5) is 11.4 Å². The van der Waals surface area contributed by atoms with Crippen molar-refractivity contribution in [3.8, 4) is 5.75 Å². The first kappa shape index (κ1) is 22.5. The smallest absolute Gasteiger partial charge is 0.343 e. The zero-order valence-electron chi connectivity index (χ0n) is 17.8. The highest BCUT2D eigenvalue weighted by molar-refractivity contribution is 5.99. The maximum Gasteiger partial charge on any atom is 0.343 e. The number of hydrogen-bond donors (Lipinski definition) is 1. The minimum Gasteiger partial charge on any atom is -0.496 e. The van der Waals surface area contributed by atoms with Crippen LogP contribution in [0.5, 0.6) is 5.75 Å². The molecule has 1 atom stereocenters. The van der Waals surface area contributed by atoms with Gasteiger partial charge in [-0.05, 0) is 37.1 Å². The Hall–Kier alpha value is -4.20. The van der Waals surface area contributed by atoms with Crippen molar-refractivity contribution in [2.24, 2.45) is 0 Å². The third kappa shape index (κ3) is 5.10. The van der Waals surface area contributed by atoms with E-state index in [0.717, 1.165) is 17.2 Å². The second-order valence-electron chi connectivity index (χ2n) is 7.15. The van der Waals surface area contributed by atoms with Gasteiger partial charge in [-0.3, -0.25) is 14.9 Å². The minimum atomic E-state index is -1.28. The Morgan fingerprint density at radius 1 is 1.00 bits per heavy atom. The van der Waals surface area contributed by atoms with E-state index < -0.39 is 22.9 Å². The fourth-order valence-corrected chi connectivity index (χ4v) is 3.11. The second-order valence-corrected chi connectivity index (χ2v) is 7.15. The summed E-state index contributed by atoms with van der Waals surface area (Å²) >= 11 is 0. The van der Waals surface area contributed by atoms with Crippen LogP contribution in [0, 0.1) is 24.0 Å². The van der Waals surface area contributed by atoms with Crippen LogP contribution in [0.3, 0.4) is 0 Å². The summed E-state index contributed by atoms with van der Waals surface area (Å²) in [6, 6.07) is 17.7. The van der Waals surface area contributed by atoms with Crippen LogP contribution in [0.25, 0.3) is 0 Å². The van der Waals surface area contributed by atoms with Gasteiger partial charge in [0, 0.05) is 23.4 Å². The number of nitro groups is 1. The van der Waals surface area contributed by atoms with Crippen molar-refractivity contribution in [3.05, 3.63) is 99.1 Å². The number of nitrogens with one attached hydrogen (secondary N) is 1. The lowest BCUT2D eigenvalue weighted by atomic mass is 10.1. The number of nitrogens with zero attached hydrogens (tertiary/aromatic N) is 1. The molecule has 1 N–H and O–H groups in total. The monoisotopic (exact) mass is 434 g/mol. The molecule has 32 heavy (non-hydrogen) atoms. The van der Waals surface area contributed by atoms with Gasteiger partial charge in [0.15, 0.2) is 0 Å². The molecule has 3 aromatic rings. The van der Waals surface area contributed by atoms with E-state index in [-0.39, 0.29) is 17.0 Å². The highest BCUT2D eigenvalue weighted by Gasteiger charge is 2.28. The molecule has 0 aliphatic heterocycles. The molecule has 164 valence electrons. The molecular formula is C24H22N2O6. The fraction of sp³-hybridized carbons (Fsp3) is 0.167. The van der Waals surface area contributed by atoms with Crippen molar-refractivity contribution >= 4 is 23.3 Å². The predicted octanol–water partition coefficient (Wildman–Crippen LogP) is 4.76. The summed E-state index contributed by atoms with van der Waals surface area (Å²) in [5, 5.41) is 13.9. The number of ether oxygens (including phenoxy) is 2. The van der Waals surface area contributed by atoms with Crippen molar-refractivity contribution in [2.75, 3.05) is 12.4 Å². The molecule has 8 nitrogen and oxygen atoms in total. The SMILES string of the molecule is COc1ccc([N+](=O)[O-])cc1C(=O)OC(C(=O)Nc1cc(C)ccc1C)c1ccccc1. The molecule has 1 unspecified atom stereocenters. The second kappa shape index (κ2) is 9.74. The lowest BCUT2D eigenvalue weighted by Crippen LogP contribution is -2.26. The number of esters is 1. The van der Waals surface area contributed by atoms with Gasteiger partial charge in [0.25, 0.3) is 11.6 Å². The van der Waals surface area contributed by atoms with Crippen LogP contribution < -0.4 is 10.1 Å². The summed E-state index contributed by atoms with van der Waals surface area (Å²) in [6.07, 6.45) is -1.28. The van der Waals surface area contributed by atoms with E-state index >= 15 is 0 Å². The number of carbonyl (C=O) groups is 2. The number of aryl methyl sites for hydroxylation is 2. The Balaban J connectivity index is 1.94. The summed E-state index contributed by atoms with van der Waals surface area (Å²) in [5.74, 6) is -1.37. The molecular weight excluding hydrogens is 412 g/mol. The highest BCUT2D eigenvalue weighted by Crippen LogP contribution is 2.28. The molecule has 0 bridgehead atoms. The van der Waals surface area contributed by atoms with Crippen molar-refractivity contribution in [3.63, 3.8) is 0 Å². The zero-order chi connectivity index (χ0) is 23.3. The van der Waals surface area contributed by atoms with E-state index in [4.69, 9.17) is 9.47 Å². The quantitative estimate of drug-likeness (QED) is 0.326. The fourth-order valence-electron chi connectivity index (χ4n) is 3.11. The maximum absolute atomic E-state index is 13.1. The van der Waals surface area contributed by atoms with Gasteiger partial charge in [-0.2, -0.15) is 0 Å². The molecule has 0 aromatic heterocycles. The molecule has 0 aliphatic carbocycles. The number of hydrogen-bond acceptors (Lipinski definition) is 6. The van der Waals surface area contributed by atoms with Gasteiger partial charge in [0.2, 0.25) is 6.10 Å². The van der Waals surface area contributed by atoms with Gasteiger partial charge in [0.05, 0.1) is 12.0 Å². The third-order valence-electron chi connectivity index (χ3n) is 4.83. The van der Waals surface area contributed by atoms with Crippen LogP contribution in [-0.2, 0) is 9.53 Å². The molecule has 8 heteroatoms. The largest absolute Gasteiger partial charge is 0.496 e. The summed E-state index contributed by atoms with van der Waals surface area (Å²) in [5.41, 5.74) is 2.41. The van der Waals surface area contributed by atoms with E-state index in [1.165, 1.54) is 19.2 Å². The molecule has 3 aromatic carbocycles. The normalized spacial score (nSPS) is 11.3. The van der Waals surface area contributed by atoms with E-state index in [2.05, 4.69) is 5.32 Å². The average molecular weight is 434 g/mol. The van der Waals surface area contributed by atoms with Crippen LogP contribution >= 0.6 is 0 Å². The number of anilines is 1. The molecule has 0 saturated carbocycles. The van der Waals surface area contributed by atoms with Gasteiger partial charge < -0.3 is 14.8 Å². The first-order chi connectivity index (χ1) is 15.3. The van der Waals surface area contributed by atoms with Crippen molar-refractivity contribution < 1.29 is 24.0 Å². The summed E-state index contributed by atoms with van der Waals surface area (Å²) in [6.45, 7) is 3.75. The standard InChI is InChI=1S/C24H22N2O6/c1-15-9-10-16(2)20(13-15)25-23(27)22(17-7-5-4-6-8-17)32-24(28)19-14-18(26(29)30)11-12-21(19)31-3/h4-14,22H,1-3H3,(H,25,27). The number of non-ortho nitro benzene ring substituents is 1. The summed E-state index contributed by atoms with van der Waals surface area (Å²) in [7, 11) is 1.33. The first-order valence-electron chi connectivity index (χ1n) is 9.76. The van der Waals surface area contributed by atoms with Crippen molar-refractivity contribution in [1.82, 2.24) is 0 Å². The lowest BCUT2D eigenvalue weighted by molar-refractivity contribution is -0.384. The number of rotatable bonds is 7. The molecule has 0 heterocycles. The minimum absolute atomic E-state index is 0.0994. The van der Waals surface area contributed by atoms with E-state index in [1.54, 1.807) is 30.3 Å². The van der Waals surface area contributed by atoms with Gasteiger partial charge >= 0.3 is 5.97 Å². The average Bonchev–Trinajstić information content (AvgIpc) is 2.79.